The normalized spacial score (nSPS) is 20.4. The van der Waals surface area contributed by atoms with Gasteiger partial charge in [0.15, 0.2) is 0 Å². The highest BCUT2D eigenvalue weighted by molar-refractivity contribution is 5.79. The second kappa shape index (κ2) is 9.40. The average Bonchev–Trinajstić information content (AvgIpc) is 3.36. The number of halogens is 3. The van der Waals surface area contributed by atoms with Gasteiger partial charge in [-0.3, -0.25) is 4.90 Å². The second-order valence-corrected chi connectivity index (χ2v) is 10.2. The van der Waals surface area contributed by atoms with Gasteiger partial charge in [-0.1, -0.05) is 78.4 Å². The van der Waals surface area contributed by atoms with E-state index in [0.717, 1.165) is 25.3 Å². The molecule has 0 spiro atoms. The van der Waals surface area contributed by atoms with Crippen molar-refractivity contribution in [1.82, 2.24) is 4.90 Å². The molecular formula is C31H28F3NO2. The van der Waals surface area contributed by atoms with E-state index < -0.39 is 11.7 Å². The summed E-state index contributed by atoms with van der Waals surface area (Å²) in [6.45, 7) is 0.301. The summed E-state index contributed by atoms with van der Waals surface area (Å²) in [5, 5.41) is 0. The number of ether oxygens (including phenoxy) is 1. The molecule has 37 heavy (non-hydrogen) atoms. The Morgan fingerprint density at radius 1 is 0.892 bits per heavy atom. The van der Waals surface area contributed by atoms with Crippen molar-refractivity contribution >= 4 is 6.09 Å². The average molecular weight is 504 g/mol. The summed E-state index contributed by atoms with van der Waals surface area (Å²) < 4.78 is 45.0. The Balaban J connectivity index is 1.10. The molecule has 6 heteroatoms. The lowest BCUT2D eigenvalue weighted by molar-refractivity contribution is -0.137. The largest absolute Gasteiger partial charge is 0.448 e. The highest BCUT2D eigenvalue weighted by atomic mass is 19.4. The van der Waals surface area contributed by atoms with Crippen molar-refractivity contribution in [3.8, 4) is 11.1 Å². The second-order valence-electron chi connectivity index (χ2n) is 10.2. The van der Waals surface area contributed by atoms with Gasteiger partial charge >= 0.3 is 12.3 Å². The molecule has 3 nitrogen and oxygen atoms in total. The van der Waals surface area contributed by atoms with Crippen molar-refractivity contribution in [3.05, 3.63) is 107 Å². The van der Waals surface area contributed by atoms with Gasteiger partial charge in [-0.25, -0.2) is 4.79 Å². The molecule has 1 fully saturated rings. The first-order chi connectivity index (χ1) is 17.9. The topological polar surface area (TPSA) is 29.5 Å². The van der Waals surface area contributed by atoms with Gasteiger partial charge in [-0.05, 0) is 66.0 Å². The standard InChI is InChI=1S/C31H28F3NO2/c32-31(33,34)22-7-5-6-20(16-22)12-13-21-17-23-14-15-24(18-21)35(23)30(36)37-19-29-27-10-3-1-8-25(27)26-9-2-4-11-28(26)29/h1-11,16-17,23-24,29H,12-15,18-19H2. The van der Waals surface area contributed by atoms with Crippen LogP contribution in [0.2, 0.25) is 0 Å². The molecule has 3 aliphatic rings. The van der Waals surface area contributed by atoms with Gasteiger partial charge in [0.05, 0.1) is 11.6 Å². The highest BCUT2D eigenvalue weighted by Crippen LogP contribution is 2.45. The van der Waals surface area contributed by atoms with Gasteiger partial charge in [0.1, 0.15) is 6.61 Å². The summed E-state index contributed by atoms with van der Waals surface area (Å²) in [6.07, 6.45) is 1.34. The van der Waals surface area contributed by atoms with Crippen LogP contribution in [0.1, 0.15) is 53.9 Å². The van der Waals surface area contributed by atoms with Crippen LogP contribution in [0.25, 0.3) is 11.1 Å². The molecule has 2 aliphatic heterocycles. The lowest BCUT2D eigenvalue weighted by Crippen LogP contribution is -2.43. The Hall–Kier alpha value is -3.54. The Kier molecular flexibility index (Phi) is 6.06. The Labute approximate surface area is 214 Å². The third-order valence-corrected chi connectivity index (χ3v) is 8.01. The predicted octanol–water partition coefficient (Wildman–Crippen LogP) is 7.75. The maximum Gasteiger partial charge on any atom is 0.416 e. The van der Waals surface area contributed by atoms with Crippen LogP contribution in [-0.4, -0.2) is 29.7 Å². The van der Waals surface area contributed by atoms with Crippen molar-refractivity contribution < 1.29 is 22.7 Å². The van der Waals surface area contributed by atoms with Gasteiger partial charge in [0.25, 0.3) is 0 Å². The van der Waals surface area contributed by atoms with Crippen molar-refractivity contribution in [1.29, 1.82) is 0 Å². The van der Waals surface area contributed by atoms with Crippen molar-refractivity contribution in [2.45, 2.75) is 56.3 Å². The number of hydrogen-bond donors (Lipinski definition) is 0. The Morgan fingerprint density at radius 3 is 2.27 bits per heavy atom. The number of rotatable bonds is 5. The van der Waals surface area contributed by atoms with Gasteiger partial charge in [0, 0.05) is 12.0 Å². The molecule has 3 aromatic carbocycles. The molecule has 1 amide bonds. The van der Waals surface area contributed by atoms with E-state index >= 15 is 0 Å². The Morgan fingerprint density at radius 2 is 1.59 bits per heavy atom. The van der Waals surface area contributed by atoms with E-state index in [1.165, 1.54) is 40.0 Å². The van der Waals surface area contributed by atoms with Gasteiger partial charge in [-0.15, -0.1) is 0 Å². The zero-order valence-electron chi connectivity index (χ0n) is 20.4. The molecule has 190 valence electrons. The summed E-state index contributed by atoms with van der Waals surface area (Å²) in [5.74, 6) is 0.0253. The molecule has 6 rings (SSSR count). The van der Waals surface area contributed by atoms with E-state index in [9.17, 15) is 18.0 Å². The SMILES string of the molecule is O=C(OCC1c2ccccc2-c2ccccc21)N1C2C=C(CCc3cccc(C(F)(F)F)c3)CC1CC2. The van der Waals surface area contributed by atoms with Gasteiger partial charge in [0.2, 0.25) is 0 Å². The number of fused-ring (bicyclic) bond motifs is 5. The highest BCUT2D eigenvalue weighted by Gasteiger charge is 2.41. The fourth-order valence-corrected chi connectivity index (χ4v) is 6.27. The molecule has 2 heterocycles. The van der Waals surface area contributed by atoms with Crippen LogP contribution in [0, 0.1) is 0 Å². The smallest absolute Gasteiger partial charge is 0.416 e. The number of amides is 1. The molecule has 1 aliphatic carbocycles. The van der Waals surface area contributed by atoms with Crippen molar-refractivity contribution in [2.24, 2.45) is 0 Å². The van der Waals surface area contributed by atoms with Crippen LogP contribution in [0.15, 0.2) is 84.4 Å². The quantitative estimate of drug-likeness (QED) is 0.333. The van der Waals surface area contributed by atoms with E-state index in [2.05, 4.69) is 30.3 Å². The summed E-state index contributed by atoms with van der Waals surface area (Å²) >= 11 is 0. The van der Waals surface area contributed by atoms with Crippen LogP contribution >= 0.6 is 0 Å². The fraction of sp³-hybridized carbons (Fsp3) is 0.323. The molecule has 2 unspecified atom stereocenters. The summed E-state index contributed by atoms with van der Waals surface area (Å²) in [7, 11) is 0. The number of alkyl halides is 3. The number of nitrogens with zero attached hydrogens (tertiary/aromatic N) is 1. The third-order valence-electron chi connectivity index (χ3n) is 8.01. The van der Waals surface area contributed by atoms with Crippen molar-refractivity contribution in [2.75, 3.05) is 6.61 Å². The minimum atomic E-state index is -4.33. The first-order valence-corrected chi connectivity index (χ1v) is 12.9. The molecule has 2 atom stereocenters. The van der Waals surface area contributed by atoms with Crippen LogP contribution in [0.4, 0.5) is 18.0 Å². The van der Waals surface area contributed by atoms with E-state index in [4.69, 9.17) is 4.74 Å². The molecule has 0 radical (unpaired) electrons. The molecule has 2 bridgehead atoms. The third kappa shape index (κ3) is 4.54. The Bertz CT molecular complexity index is 1320. The van der Waals surface area contributed by atoms with E-state index in [1.807, 2.05) is 29.2 Å². The number of carbonyl (C=O) groups is 1. The monoisotopic (exact) mass is 503 g/mol. The number of aryl methyl sites for hydroxylation is 1. The summed E-state index contributed by atoms with van der Waals surface area (Å²) in [4.78, 5) is 15.1. The first kappa shape index (κ1) is 23.8. The minimum absolute atomic E-state index is 0.00842. The lowest BCUT2D eigenvalue weighted by Gasteiger charge is -2.33. The lowest BCUT2D eigenvalue weighted by atomic mass is 9.95. The summed E-state index contributed by atoms with van der Waals surface area (Å²) in [5.41, 5.74) is 6.07. The summed E-state index contributed by atoms with van der Waals surface area (Å²) in [6, 6.07) is 22.2. The van der Waals surface area contributed by atoms with Crippen LogP contribution in [0.3, 0.4) is 0 Å². The maximum absolute atomic E-state index is 13.2. The van der Waals surface area contributed by atoms with E-state index in [-0.39, 0.29) is 24.1 Å². The zero-order valence-corrected chi connectivity index (χ0v) is 20.4. The molecule has 0 saturated carbocycles. The molecule has 1 saturated heterocycles. The minimum Gasteiger partial charge on any atom is -0.448 e. The molecule has 0 aromatic heterocycles. The number of benzene rings is 3. The van der Waals surface area contributed by atoms with Crippen LogP contribution < -0.4 is 0 Å². The van der Waals surface area contributed by atoms with E-state index in [0.29, 0.717) is 25.0 Å². The van der Waals surface area contributed by atoms with E-state index in [1.54, 1.807) is 6.07 Å². The van der Waals surface area contributed by atoms with Crippen LogP contribution in [-0.2, 0) is 17.3 Å². The fourth-order valence-electron chi connectivity index (χ4n) is 6.27. The van der Waals surface area contributed by atoms with Gasteiger partial charge < -0.3 is 4.74 Å². The van der Waals surface area contributed by atoms with Crippen LogP contribution in [0.5, 0.6) is 0 Å². The first-order valence-electron chi connectivity index (χ1n) is 12.9. The number of carbonyl (C=O) groups excluding carboxylic acids is 1. The maximum atomic E-state index is 13.2. The molecule has 0 N–H and O–H groups in total. The number of hydrogen-bond acceptors (Lipinski definition) is 2. The van der Waals surface area contributed by atoms with Crippen molar-refractivity contribution in [3.63, 3.8) is 0 Å². The molecule has 3 aromatic rings. The van der Waals surface area contributed by atoms with Gasteiger partial charge in [-0.2, -0.15) is 13.2 Å². The zero-order chi connectivity index (χ0) is 25.6. The predicted molar refractivity (Wildman–Crippen MR) is 136 cm³/mol. The molecular weight excluding hydrogens is 475 g/mol.